The zero-order valence-electron chi connectivity index (χ0n) is 11.0. The first-order valence-corrected chi connectivity index (χ1v) is 7.08. The molecule has 20 heavy (non-hydrogen) atoms. The van der Waals surface area contributed by atoms with Gasteiger partial charge in [0.05, 0.1) is 12.1 Å². The molecular weight excluding hydrogens is 252 g/mol. The van der Waals surface area contributed by atoms with Crippen LogP contribution in [-0.4, -0.2) is 22.7 Å². The van der Waals surface area contributed by atoms with Gasteiger partial charge in [-0.1, -0.05) is 18.1 Å². The Balaban J connectivity index is 1.90. The molecule has 0 unspecified atom stereocenters. The van der Waals surface area contributed by atoms with Crippen LogP contribution in [0.4, 0.5) is 0 Å². The largest absolute Gasteiger partial charge is 0.294 e. The first-order valence-electron chi connectivity index (χ1n) is 7.08. The number of carbonyl (C=O) groups is 1. The minimum atomic E-state index is -1.26. The first kappa shape index (κ1) is 11.7. The molecule has 1 N–H and O–H groups in total. The SMILES string of the molecule is N#C[C@H]1C(=O)N2C(=N)[C@@]1(C#N)C/C=C1\[C@H]3[C@@H]1CCC[C@H]32. The lowest BCUT2D eigenvalue weighted by atomic mass is 9.75. The summed E-state index contributed by atoms with van der Waals surface area (Å²) in [4.78, 5) is 14.0. The van der Waals surface area contributed by atoms with Crippen molar-refractivity contribution in [3.05, 3.63) is 11.6 Å². The van der Waals surface area contributed by atoms with Gasteiger partial charge in [0.15, 0.2) is 5.92 Å². The fraction of sp³-hybridized carbons (Fsp3) is 0.600. The molecule has 2 aliphatic carbocycles. The van der Waals surface area contributed by atoms with Crippen LogP contribution in [0.5, 0.6) is 0 Å². The highest BCUT2D eigenvalue weighted by Crippen LogP contribution is 2.60. The van der Waals surface area contributed by atoms with E-state index >= 15 is 0 Å². The molecule has 1 saturated heterocycles. The Morgan fingerprint density at radius 2 is 2.20 bits per heavy atom. The minimum absolute atomic E-state index is 0.00590. The molecule has 0 aromatic rings. The van der Waals surface area contributed by atoms with Gasteiger partial charge in [-0.2, -0.15) is 10.5 Å². The smallest absolute Gasteiger partial charge is 0.247 e. The summed E-state index contributed by atoms with van der Waals surface area (Å²) in [6.07, 6.45) is 5.47. The highest BCUT2D eigenvalue weighted by Gasteiger charge is 2.64. The maximum absolute atomic E-state index is 12.6. The van der Waals surface area contributed by atoms with Crippen molar-refractivity contribution in [2.24, 2.45) is 23.2 Å². The topological polar surface area (TPSA) is 91.7 Å². The van der Waals surface area contributed by atoms with Crippen LogP contribution < -0.4 is 0 Å². The summed E-state index contributed by atoms with van der Waals surface area (Å²) in [5.74, 6) is -0.363. The van der Waals surface area contributed by atoms with Crippen molar-refractivity contribution in [1.82, 2.24) is 4.90 Å². The van der Waals surface area contributed by atoms with Crippen molar-refractivity contribution in [1.29, 1.82) is 15.9 Å². The zero-order chi connectivity index (χ0) is 14.1. The summed E-state index contributed by atoms with van der Waals surface area (Å²) < 4.78 is 0. The number of rotatable bonds is 0. The Morgan fingerprint density at radius 1 is 1.40 bits per heavy atom. The van der Waals surface area contributed by atoms with E-state index in [1.54, 1.807) is 0 Å². The highest BCUT2D eigenvalue weighted by molar-refractivity contribution is 6.12. The molecule has 2 aliphatic heterocycles. The molecule has 0 radical (unpaired) electrons. The van der Waals surface area contributed by atoms with Crippen molar-refractivity contribution in [3.8, 4) is 12.1 Å². The van der Waals surface area contributed by atoms with Gasteiger partial charge in [-0.3, -0.25) is 15.1 Å². The Labute approximate surface area is 117 Å². The van der Waals surface area contributed by atoms with Crippen molar-refractivity contribution >= 4 is 11.7 Å². The molecule has 1 amide bonds. The predicted molar refractivity (Wildman–Crippen MR) is 69.0 cm³/mol. The van der Waals surface area contributed by atoms with Crippen LogP contribution >= 0.6 is 0 Å². The molecule has 5 heteroatoms. The highest BCUT2D eigenvalue weighted by atomic mass is 16.2. The predicted octanol–water partition coefficient (Wildman–Crippen LogP) is 1.58. The van der Waals surface area contributed by atoms with E-state index in [4.69, 9.17) is 5.41 Å². The number of amides is 1. The molecule has 2 heterocycles. The van der Waals surface area contributed by atoms with Crippen molar-refractivity contribution < 1.29 is 4.79 Å². The summed E-state index contributed by atoms with van der Waals surface area (Å²) in [6, 6.07) is 4.11. The summed E-state index contributed by atoms with van der Waals surface area (Å²) in [6.45, 7) is 0. The van der Waals surface area contributed by atoms with E-state index in [1.165, 1.54) is 10.5 Å². The number of allylic oxidation sites excluding steroid dienone is 1. The maximum atomic E-state index is 12.6. The minimum Gasteiger partial charge on any atom is -0.294 e. The van der Waals surface area contributed by atoms with Crippen molar-refractivity contribution in [2.75, 3.05) is 0 Å². The molecule has 5 atom stereocenters. The number of nitriles is 2. The third kappa shape index (κ3) is 1.08. The second-order valence-electron chi connectivity index (χ2n) is 6.24. The normalized spacial score (nSPS) is 47.3. The van der Waals surface area contributed by atoms with Crippen molar-refractivity contribution in [3.63, 3.8) is 0 Å². The number of amidine groups is 1. The van der Waals surface area contributed by atoms with Crippen LogP contribution in [0.25, 0.3) is 0 Å². The van der Waals surface area contributed by atoms with Crippen LogP contribution in [-0.2, 0) is 4.79 Å². The Morgan fingerprint density at radius 3 is 2.90 bits per heavy atom. The Bertz CT molecular complexity index is 652. The van der Waals surface area contributed by atoms with E-state index in [2.05, 4.69) is 6.07 Å². The van der Waals surface area contributed by atoms with Gasteiger partial charge in [0.1, 0.15) is 11.3 Å². The van der Waals surface area contributed by atoms with Gasteiger partial charge in [0.25, 0.3) is 0 Å². The number of hydrogen-bond donors (Lipinski definition) is 1. The van der Waals surface area contributed by atoms with Crippen LogP contribution in [0.15, 0.2) is 11.6 Å². The zero-order valence-corrected chi connectivity index (χ0v) is 11.0. The van der Waals surface area contributed by atoms with E-state index in [1.807, 2.05) is 12.1 Å². The lowest BCUT2D eigenvalue weighted by molar-refractivity contribution is -0.130. The second kappa shape index (κ2) is 3.49. The number of hydrogen-bond acceptors (Lipinski definition) is 4. The van der Waals surface area contributed by atoms with Gasteiger partial charge in [-0.25, -0.2) is 0 Å². The molecule has 0 aromatic carbocycles. The van der Waals surface area contributed by atoms with Gasteiger partial charge >= 0.3 is 0 Å². The van der Waals surface area contributed by atoms with Gasteiger partial charge in [0, 0.05) is 12.0 Å². The van der Waals surface area contributed by atoms with E-state index in [0.29, 0.717) is 18.3 Å². The fourth-order valence-electron chi connectivity index (χ4n) is 4.47. The number of nitrogens with zero attached hydrogens (tertiary/aromatic N) is 3. The van der Waals surface area contributed by atoms with E-state index < -0.39 is 11.3 Å². The van der Waals surface area contributed by atoms with Crippen LogP contribution in [0, 0.1) is 51.2 Å². The lowest BCUT2D eigenvalue weighted by Crippen LogP contribution is -2.44. The first-order chi connectivity index (χ1) is 9.65. The summed E-state index contributed by atoms with van der Waals surface area (Å²) in [7, 11) is 0. The third-order valence-corrected chi connectivity index (χ3v) is 5.53. The molecule has 5 nitrogen and oxygen atoms in total. The molecule has 0 aromatic heterocycles. The van der Waals surface area contributed by atoms with E-state index in [-0.39, 0.29) is 17.8 Å². The molecule has 100 valence electrons. The average molecular weight is 266 g/mol. The molecule has 0 spiro atoms. The summed E-state index contributed by atoms with van der Waals surface area (Å²) >= 11 is 0. The maximum Gasteiger partial charge on any atom is 0.247 e. The molecule has 2 bridgehead atoms. The molecule has 2 saturated carbocycles. The fourth-order valence-corrected chi connectivity index (χ4v) is 4.47. The molecular formula is C15H14N4O. The third-order valence-electron chi connectivity index (χ3n) is 5.53. The van der Waals surface area contributed by atoms with Gasteiger partial charge in [0.2, 0.25) is 5.91 Å². The van der Waals surface area contributed by atoms with E-state index in [9.17, 15) is 15.3 Å². The van der Waals surface area contributed by atoms with Gasteiger partial charge in [-0.05, 0) is 25.2 Å². The Hall–Kier alpha value is -2.14. The Kier molecular flexibility index (Phi) is 2.04. The number of fused-ring (bicyclic) bond motifs is 4. The van der Waals surface area contributed by atoms with Crippen LogP contribution in [0.3, 0.4) is 0 Å². The standard InChI is InChI=1S/C15H14N4O/c16-6-10-13(20)19-11-3-1-2-8-9(12(8)11)4-5-15(10,7-17)14(19)18/h4,8,10-12,18H,1-3,5H2/b9-4-,18-14?/t8-,10+,11-,12-,15-/m1/s1. The van der Waals surface area contributed by atoms with Gasteiger partial charge in [-0.15, -0.1) is 0 Å². The van der Waals surface area contributed by atoms with E-state index in [0.717, 1.165) is 19.3 Å². The van der Waals surface area contributed by atoms with Gasteiger partial charge < -0.3 is 0 Å². The second-order valence-corrected chi connectivity index (χ2v) is 6.24. The monoisotopic (exact) mass is 266 g/mol. The molecule has 4 aliphatic rings. The summed E-state index contributed by atoms with van der Waals surface area (Å²) in [5.41, 5.74) is 0.0931. The molecule has 4 rings (SSSR count). The molecule has 3 fully saturated rings. The van der Waals surface area contributed by atoms with Crippen LogP contribution in [0.1, 0.15) is 25.7 Å². The summed E-state index contributed by atoms with van der Waals surface area (Å²) in [5, 5.41) is 27.2. The lowest BCUT2D eigenvalue weighted by Gasteiger charge is -2.32. The average Bonchev–Trinajstić information content (AvgIpc) is 3.10. The number of nitrogens with one attached hydrogen (secondary N) is 1. The quantitative estimate of drug-likeness (QED) is 0.675. The van der Waals surface area contributed by atoms with Crippen molar-refractivity contribution in [2.45, 2.75) is 31.7 Å². The van der Waals surface area contributed by atoms with Crippen LogP contribution in [0.2, 0.25) is 0 Å². The number of carbonyl (C=O) groups excluding carboxylic acids is 1.